The molecule has 122 valence electrons. The number of hydrogen-bond acceptors (Lipinski definition) is 4. The Kier molecular flexibility index (Phi) is 7.22. The number of thioether (sulfide) groups is 1. The van der Waals surface area contributed by atoms with Gasteiger partial charge in [-0.3, -0.25) is 9.69 Å². The van der Waals surface area contributed by atoms with E-state index in [4.69, 9.17) is 5.73 Å². The Bertz CT molecular complexity index is 475. The smallest absolute Gasteiger partial charge is 0.237 e. The van der Waals surface area contributed by atoms with Gasteiger partial charge in [0.05, 0.1) is 6.04 Å². The largest absolute Gasteiger partial charge is 0.351 e. The summed E-state index contributed by atoms with van der Waals surface area (Å²) in [7, 11) is 0. The van der Waals surface area contributed by atoms with E-state index >= 15 is 0 Å². The second-order valence-corrected chi connectivity index (χ2v) is 6.89. The fraction of sp³-hybridized carbons (Fsp3) is 0.588. The molecule has 1 aliphatic rings. The molecule has 0 radical (unpaired) electrons. The van der Waals surface area contributed by atoms with Crippen LogP contribution in [-0.4, -0.2) is 41.9 Å². The zero-order valence-corrected chi connectivity index (χ0v) is 14.2. The van der Waals surface area contributed by atoms with E-state index in [0.717, 1.165) is 24.3 Å². The molecule has 1 amide bonds. The fourth-order valence-electron chi connectivity index (χ4n) is 2.73. The number of carbonyl (C=O) groups is 1. The number of nitrogens with one attached hydrogen (secondary N) is 1. The Morgan fingerprint density at radius 1 is 1.36 bits per heavy atom. The minimum absolute atomic E-state index is 0.0565. The quantitative estimate of drug-likeness (QED) is 0.769. The van der Waals surface area contributed by atoms with Crippen molar-refractivity contribution in [2.75, 3.05) is 25.1 Å². The molecule has 1 fully saturated rings. The summed E-state index contributed by atoms with van der Waals surface area (Å²) in [5.41, 5.74) is 8.33. The summed E-state index contributed by atoms with van der Waals surface area (Å²) in [6, 6.07) is 8.07. The first-order valence-corrected chi connectivity index (χ1v) is 9.41. The van der Waals surface area contributed by atoms with Gasteiger partial charge in [0.2, 0.25) is 5.91 Å². The lowest BCUT2D eigenvalue weighted by molar-refractivity contribution is -0.122. The molecule has 4 nitrogen and oxygen atoms in total. The minimum Gasteiger partial charge on any atom is -0.351 e. The molecule has 2 rings (SSSR count). The second kappa shape index (κ2) is 9.18. The Morgan fingerprint density at radius 3 is 2.82 bits per heavy atom. The molecule has 0 aromatic heterocycles. The van der Waals surface area contributed by atoms with E-state index in [1.165, 1.54) is 31.5 Å². The highest BCUT2D eigenvalue weighted by atomic mass is 32.2. The fourth-order valence-corrected chi connectivity index (χ4v) is 3.22. The number of nitrogens with zero attached hydrogens (tertiary/aromatic N) is 1. The first-order chi connectivity index (χ1) is 10.7. The van der Waals surface area contributed by atoms with Crippen LogP contribution in [0.5, 0.6) is 0 Å². The van der Waals surface area contributed by atoms with E-state index in [-0.39, 0.29) is 5.91 Å². The molecule has 1 aliphatic heterocycles. The van der Waals surface area contributed by atoms with Gasteiger partial charge in [0.15, 0.2) is 0 Å². The Morgan fingerprint density at radius 2 is 2.09 bits per heavy atom. The van der Waals surface area contributed by atoms with Gasteiger partial charge >= 0.3 is 0 Å². The average molecular weight is 321 g/mol. The van der Waals surface area contributed by atoms with Gasteiger partial charge in [-0.25, -0.2) is 0 Å². The topological polar surface area (TPSA) is 58.4 Å². The lowest BCUT2D eigenvalue weighted by atomic mass is 10.1. The number of amides is 1. The van der Waals surface area contributed by atoms with Crippen molar-refractivity contribution in [1.82, 2.24) is 10.2 Å². The third-order valence-electron chi connectivity index (χ3n) is 4.03. The molecule has 1 aromatic carbocycles. The summed E-state index contributed by atoms with van der Waals surface area (Å²) in [5.74, 6) is 0.860. The predicted molar refractivity (Wildman–Crippen MR) is 93.8 cm³/mol. The Labute approximate surface area is 137 Å². The zero-order chi connectivity index (χ0) is 15.8. The van der Waals surface area contributed by atoms with Crippen LogP contribution in [0.4, 0.5) is 0 Å². The van der Waals surface area contributed by atoms with Crippen LogP contribution in [-0.2, 0) is 17.9 Å². The molecule has 1 saturated heterocycles. The summed E-state index contributed by atoms with van der Waals surface area (Å²) < 4.78 is 0. The Hall–Kier alpha value is -1.04. The Balaban J connectivity index is 1.80. The van der Waals surface area contributed by atoms with Gasteiger partial charge in [0.25, 0.3) is 0 Å². The van der Waals surface area contributed by atoms with Crippen LogP contribution >= 0.6 is 11.8 Å². The number of rotatable bonds is 8. The number of benzene rings is 1. The number of nitrogens with two attached hydrogens (primary N) is 1. The SMILES string of the molecule is CSCC[C@H](N)C(=O)NCc1cccc(CN2CCCC2)c1. The van der Waals surface area contributed by atoms with Crippen molar-refractivity contribution in [3.8, 4) is 0 Å². The molecule has 1 heterocycles. The first kappa shape index (κ1) is 17.3. The van der Waals surface area contributed by atoms with E-state index < -0.39 is 6.04 Å². The van der Waals surface area contributed by atoms with Crippen LogP contribution in [0, 0.1) is 0 Å². The van der Waals surface area contributed by atoms with Crippen LogP contribution in [0.2, 0.25) is 0 Å². The third-order valence-corrected chi connectivity index (χ3v) is 4.68. The van der Waals surface area contributed by atoms with Gasteiger partial charge in [-0.2, -0.15) is 11.8 Å². The highest BCUT2D eigenvalue weighted by molar-refractivity contribution is 7.98. The molecule has 0 bridgehead atoms. The van der Waals surface area contributed by atoms with Crippen LogP contribution in [0.15, 0.2) is 24.3 Å². The second-order valence-electron chi connectivity index (χ2n) is 5.91. The van der Waals surface area contributed by atoms with Crippen LogP contribution in [0.25, 0.3) is 0 Å². The molecule has 3 N–H and O–H groups in total. The molecule has 0 saturated carbocycles. The highest BCUT2D eigenvalue weighted by Crippen LogP contribution is 2.13. The van der Waals surface area contributed by atoms with E-state index in [1.807, 2.05) is 6.26 Å². The maximum atomic E-state index is 11.9. The molecular formula is C17H27N3OS. The van der Waals surface area contributed by atoms with Gasteiger partial charge in [0, 0.05) is 13.1 Å². The summed E-state index contributed by atoms with van der Waals surface area (Å²) in [5, 5.41) is 2.94. The summed E-state index contributed by atoms with van der Waals surface area (Å²) in [4.78, 5) is 14.4. The number of hydrogen-bond donors (Lipinski definition) is 2. The molecule has 22 heavy (non-hydrogen) atoms. The van der Waals surface area contributed by atoms with Crippen LogP contribution in [0.3, 0.4) is 0 Å². The molecule has 0 unspecified atom stereocenters. The monoisotopic (exact) mass is 321 g/mol. The molecule has 0 spiro atoms. The molecule has 1 atom stereocenters. The van der Waals surface area contributed by atoms with Crippen molar-refractivity contribution in [3.05, 3.63) is 35.4 Å². The van der Waals surface area contributed by atoms with Gasteiger partial charge in [-0.05, 0) is 55.5 Å². The predicted octanol–water partition coefficient (Wildman–Crippen LogP) is 1.98. The first-order valence-electron chi connectivity index (χ1n) is 8.01. The van der Waals surface area contributed by atoms with Gasteiger partial charge in [-0.15, -0.1) is 0 Å². The zero-order valence-electron chi connectivity index (χ0n) is 13.4. The summed E-state index contributed by atoms with van der Waals surface area (Å²) >= 11 is 1.71. The minimum atomic E-state index is -0.403. The molecule has 1 aromatic rings. The van der Waals surface area contributed by atoms with Crippen LogP contribution in [0.1, 0.15) is 30.4 Å². The average Bonchev–Trinajstić information content (AvgIpc) is 3.03. The maximum Gasteiger partial charge on any atom is 0.237 e. The standard InChI is InChI=1S/C17H27N3OS/c1-22-10-7-16(18)17(21)19-12-14-5-4-6-15(11-14)13-20-8-2-3-9-20/h4-6,11,16H,2-3,7-10,12-13,18H2,1H3,(H,19,21)/t16-/m0/s1. The van der Waals surface area contributed by atoms with Crippen molar-refractivity contribution in [1.29, 1.82) is 0 Å². The van der Waals surface area contributed by atoms with E-state index in [1.54, 1.807) is 11.8 Å². The number of carbonyl (C=O) groups excluding carboxylic acids is 1. The highest BCUT2D eigenvalue weighted by Gasteiger charge is 2.13. The summed E-state index contributed by atoms with van der Waals surface area (Å²) in [6.07, 6.45) is 5.37. The van der Waals surface area contributed by atoms with E-state index in [0.29, 0.717) is 6.54 Å². The van der Waals surface area contributed by atoms with E-state index in [2.05, 4.69) is 34.5 Å². The van der Waals surface area contributed by atoms with Crippen molar-refractivity contribution < 1.29 is 4.79 Å². The van der Waals surface area contributed by atoms with Crippen molar-refractivity contribution >= 4 is 17.7 Å². The third kappa shape index (κ3) is 5.63. The maximum absolute atomic E-state index is 11.9. The van der Waals surface area contributed by atoms with Crippen molar-refractivity contribution in [3.63, 3.8) is 0 Å². The van der Waals surface area contributed by atoms with Crippen LogP contribution < -0.4 is 11.1 Å². The van der Waals surface area contributed by atoms with Gasteiger partial charge in [-0.1, -0.05) is 24.3 Å². The number of likely N-dealkylation sites (tertiary alicyclic amines) is 1. The van der Waals surface area contributed by atoms with Gasteiger partial charge in [0.1, 0.15) is 0 Å². The lowest BCUT2D eigenvalue weighted by Gasteiger charge is -2.16. The lowest BCUT2D eigenvalue weighted by Crippen LogP contribution is -2.40. The molecule has 0 aliphatic carbocycles. The van der Waals surface area contributed by atoms with Gasteiger partial charge < -0.3 is 11.1 Å². The normalized spacial score (nSPS) is 16.6. The summed E-state index contributed by atoms with van der Waals surface area (Å²) in [6.45, 7) is 3.96. The van der Waals surface area contributed by atoms with E-state index in [9.17, 15) is 4.79 Å². The van der Waals surface area contributed by atoms with Crippen molar-refractivity contribution in [2.24, 2.45) is 5.73 Å². The molecular weight excluding hydrogens is 294 g/mol. The molecule has 5 heteroatoms. The van der Waals surface area contributed by atoms with Crippen molar-refractivity contribution in [2.45, 2.75) is 38.4 Å².